The van der Waals surface area contributed by atoms with Gasteiger partial charge in [0.2, 0.25) is 0 Å². The Morgan fingerprint density at radius 3 is 2.40 bits per heavy atom. The Bertz CT molecular complexity index is 365. The quantitative estimate of drug-likeness (QED) is 0.846. The zero-order chi connectivity index (χ0) is 11.6. The molecule has 0 spiro atoms. The number of hydrogen-bond acceptors (Lipinski definition) is 2. The topological polar surface area (TPSA) is 35.2 Å². The fourth-order valence-electron chi connectivity index (χ4n) is 1.19. The van der Waals surface area contributed by atoms with Crippen LogP contribution < -0.4 is 10.5 Å². The summed E-state index contributed by atoms with van der Waals surface area (Å²) in [5.41, 5.74) is 5.01. The molecule has 0 aliphatic heterocycles. The van der Waals surface area contributed by atoms with Crippen LogP contribution in [-0.4, -0.2) is 7.11 Å². The van der Waals surface area contributed by atoms with Gasteiger partial charge in [-0.3, -0.25) is 0 Å². The molecule has 0 radical (unpaired) electrons. The van der Waals surface area contributed by atoms with Gasteiger partial charge >= 0.3 is 6.18 Å². The van der Waals surface area contributed by atoms with Gasteiger partial charge < -0.3 is 10.5 Å². The molecule has 6 heteroatoms. The molecule has 84 valence electrons. The number of ether oxygens (including phenoxy) is 1. The molecule has 1 rings (SSSR count). The first-order chi connectivity index (χ1) is 6.90. The van der Waals surface area contributed by atoms with E-state index in [1.54, 1.807) is 22.6 Å². The Kier molecular flexibility index (Phi) is 3.82. The second kappa shape index (κ2) is 4.56. The van der Waals surface area contributed by atoms with Gasteiger partial charge in [0.15, 0.2) is 0 Å². The average Bonchev–Trinajstić information content (AvgIpc) is 2.15. The Balaban J connectivity index is 3.32. The minimum Gasteiger partial charge on any atom is -0.495 e. The van der Waals surface area contributed by atoms with E-state index < -0.39 is 11.7 Å². The van der Waals surface area contributed by atoms with E-state index in [-0.39, 0.29) is 6.54 Å². The average molecular weight is 331 g/mol. The summed E-state index contributed by atoms with van der Waals surface area (Å²) in [6.07, 6.45) is -4.35. The monoisotopic (exact) mass is 331 g/mol. The molecule has 0 aromatic heterocycles. The number of rotatable bonds is 2. The number of alkyl halides is 3. The van der Waals surface area contributed by atoms with Gasteiger partial charge in [0.05, 0.1) is 16.2 Å². The predicted octanol–water partition coefficient (Wildman–Crippen LogP) is 2.78. The van der Waals surface area contributed by atoms with Crippen LogP contribution in [0.15, 0.2) is 12.1 Å². The van der Waals surface area contributed by atoms with Gasteiger partial charge in [-0.2, -0.15) is 13.2 Å². The van der Waals surface area contributed by atoms with Crippen LogP contribution in [0.5, 0.6) is 5.75 Å². The highest BCUT2D eigenvalue weighted by Crippen LogP contribution is 2.35. The van der Waals surface area contributed by atoms with E-state index in [9.17, 15) is 13.2 Å². The van der Waals surface area contributed by atoms with Crippen LogP contribution in [0.3, 0.4) is 0 Å². The van der Waals surface area contributed by atoms with Crippen molar-refractivity contribution < 1.29 is 17.9 Å². The van der Waals surface area contributed by atoms with E-state index in [1.807, 2.05) is 0 Å². The third kappa shape index (κ3) is 2.75. The summed E-state index contributed by atoms with van der Waals surface area (Å²) in [4.78, 5) is 0. The molecule has 0 bridgehead atoms. The van der Waals surface area contributed by atoms with Gasteiger partial charge in [0, 0.05) is 12.1 Å². The van der Waals surface area contributed by atoms with Gasteiger partial charge in [0.1, 0.15) is 5.75 Å². The zero-order valence-corrected chi connectivity index (χ0v) is 10.0. The third-order valence-corrected chi connectivity index (χ3v) is 2.67. The number of halogens is 4. The number of methoxy groups -OCH3 is 1. The Morgan fingerprint density at radius 1 is 1.40 bits per heavy atom. The van der Waals surface area contributed by atoms with Crippen LogP contribution in [0.1, 0.15) is 11.1 Å². The Labute approximate surface area is 98.7 Å². The van der Waals surface area contributed by atoms with Gasteiger partial charge in [-0.1, -0.05) is 0 Å². The van der Waals surface area contributed by atoms with Crippen molar-refractivity contribution in [3.8, 4) is 5.75 Å². The van der Waals surface area contributed by atoms with E-state index in [4.69, 9.17) is 10.5 Å². The number of benzene rings is 1. The van der Waals surface area contributed by atoms with Crippen molar-refractivity contribution in [2.75, 3.05) is 7.11 Å². The third-order valence-electron chi connectivity index (χ3n) is 1.87. The first-order valence-corrected chi connectivity index (χ1v) is 5.11. The first-order valence-electron chi connectivity index (χ1n) is 4.03. The molecule has 0 aliphatic carbocycles. The standard InChI is InChI=1S/C9H9F3INO/c1-15-8-5(4-14)2-6(3-7(8)13)9(10,11)12/h2-3H,4,14H2,1H3. The fourth-order valence-corrected chi connectivity index (χ4v) is 2.10. The minimum atomic E-state index is -4.35. The van der Waals surface area contributed by atoms with Crippen molar-refractivity contribution >= 4 is 22.6 Å². The van der Waals surface area contributed by atoms with Gasteiger partial charge in [0.25, 0.3) is 0 Å². The molecular formula is C9H9F3INO. The lowest BCUT2D eigenvalue weighted by Gasteiger charge is -2.13. The second-order valence-corrected chi connectivity index (χ2v) is 4.01. The zero-order valence-electron chi connectivity index (χ0n) is 7.86. The van der Waals surface area contributed by atoms with Gasteiger partial charge in [-0.25, -0.2) is 0 Å². The van der Waals surface area contributed by atoms with Crippen molar-refractivity contribution in [2.24, 2.45) is 5.73 Å². The molecule has 0 saturated carbocycles. The van der Waals surface area contributed by atoms with Crippen LogP contribution in [0.4, 0.5) is 13.2 Å². The lowest BCUT2D eigenvalue weighted by molar-refractivity contribution is -0.137. The summed E-state index contributed by atoms with van der Waals surface area (Å²) in [5.74, 6) is 0.408. The smallest absolute Gasteiger partial charge is 0.416 e. The van der Waals surface area contributed by atoms with Crippen molar-refractivity contribution in [3.63, 3.8) is 0 Å². The molecule has 0 atom stereocenters. The van der Waals surface area contributed by atoms with E-state index in [2.05, 4.69) is 0 Å². The number of hydrogen-bond donors (Lipinski definition) is 1. The van der Waals surface area contributed by atoms with Crippen LogP contribution in [0.2, 0.25) is 0 Å². The van der Waals surface area contributed by atoms with Crippen LogP contribution >= 0.6 is 22.6 Å². The molecule has 0 fully saturated rings. The molecule has 15 heavy (non-hydrogen) atoms. The minimum absolute atomic E-state index is 0.0170. The van der Waals surface area contributed by atoms with Gasteiger partial charge in [-0.15, -0.1) is 0 Å². The summed E-state index contributed by atoms with van der Waals surface area (Å²) >= 11 is 1.79. The second-order valence-electron chi connectivity index (χ2n) is 2.85. The van der Waals surface area contributed by atoms with Crippen molar-refractivity contribution in [1.29, 1.82) is 0 Å². The van der Waals surface area contributed by atoms with E-state index in [0.29, 0.717) is 14.9 Å². The van der Waals surface area contributed by atoms with Crippen molar-refractivity contribution in [2.45, 2.75) is 12.7 Å². The molecule has 2 nitrogen and oxygen atoms in total. The molecule has 0 heterocycles. The summed E-state index contributed by atoms with van der Waals surface area (Å²) < 4.78 is 42.7. The summed E-state index contributed by atoms with van der Waals surface area (Å²) in [6.45, 7) is 0.0170. The van der Waals surface area contributed by atoms with E-state index >= 15 is 0 Å². The molecule has 1 aromatic carbocycles. The summed E-state index contributed by atoms with van der Waals surface area (Å²) in [5, 5.41) is 0. The van der Waals surface area contributed by atoms with Crippen molar-refractivity contribution in [1.82, 2.24) is 0 Å². The van der Waals surface area contributed by atoms with Crippen LogP contribution in [-0.2, 0) is 12.7 Å². The molecule has 2 N–H and O–H groups in total. The number of nitrogens with two attached hydrogens (primary N) is 1. The van der Waals surface area contributed by atoms with E-state index in [1.165, 1.54) is 7.11 Å². The highest BCUT2D eigenvalue weighted by atomic mass is 127. The highest BCUT2D eigenvalue weighted by molar-refractivity contribution is 14.1. The van der Waals surface area contributed by atoms with Crippen molar-refractivity contribution in [3.05, 3.63) is 26.8 Å². The molecule has 1 aromatic rings. The molecule has 0 saturated heterocycles. The predicted molar refractivity (Wildman–Crippen MR) is 58.6 cm³/mol. The molecule has 0 aliphatic rings. The summed E-state index contributed by atoms with van der Waals surface area (Å²) in [6, 6.07) is 2.06. The lowest BCUT2D eigenvalue weighted by atomic mass is 10.1. The van der Waals surface area contributed by atoms with Crippen LogP contribution in [0, 0.1) is 3.57 Å². The maximum Gasteiger partial charge on any atom is 0.416 e. The summed E-state index contributed by atoms with van der Waals surface area (Å²) in [7, 11) is 1.41. The lowest BCUT2D eigenvalue weighted by Crippen LogP contribution is -2.09. The molecular weight excluding hydrogens is 322 g/mol. The van der Waals surface area contributed by atoms with E-state index in [0.717, 1.165) is 12.1 Å². The highest BCUT2D eigenvalue weighted by Gasteiger charge is 2.31. The fraction of sp³-hybridized carbons (Fsp3) is 0.333. The van der Waals surface area contributed by atoms with Crippen LogP contribution in [0.25, 0.3) is 0 Å². The maximum atomic E-state index is 12.4. The maximum absolute atomic E-state index is 12.4. The first kappa shape index (κ1) is 12.6. The normalized spacial score (nSPS) is 11.6. The SMILES string of the molecule is COc1c(I)cc(C(F)(F)F)cc1CN. The largest absolute Gasteiger partial charge is 0.495 e. The van der Waals surface area contributed by atoms with Gasteiger partial charge in [-0.05, 0) is 34.7 Å². The Morgan fingerprint density at radius 2 is 2.00 bits per heavy atom. The molecule has 0 unspecified atom stereocenters. The molecule has 0 amide bonds. The Hall–Kier alpha value is -0.500.